The maximum atomic E-state index is 15.0. The van der Waals surface area contributed by atoms with E-state index >= 15 is 0 Å². The highest BCUT2D eigenvalue weighted by Gasteiger charge is 2.26. The molecule has 2 aromatic carbocycles. The average Bonchev–Trinajstić information content (AvgIpc) is 3.33. The van der Waals surface area contributed by atoms with E-state index in [0.29, 0.717) is 41.6 Å². The van der Waals surface area contributed by atoms with Crippen LogP contribution in [0, 0.1) is 11.6 Å². The fourth-order valence-corrected chi connectivity index (χ4v) is 5.19. The van der Waals surface area contributed by atoms with Crippen molar-refractivity contribution in [1.82, 2.24) is 19.9 Å². The van der Waals surface area contributed by atoms with Gasteiger partial charge in [0.1, 0.15) is 17.8 Å². The smallest absolute Gasteiger partial charge is 0.227 e. The van der Waals surface area contributed by atoms with Crippen molar-refractivity contribution in [2.45, 2.75) is 38.6 Å². The Morgan fingerprint density at radius 1 is 1.03 bits per heavy atom. The van der Waals surface area contributed by atoms with Crippen LogP contribution < -0.4 is 15.0 Å². The third-order valence-corrected chi connectivity index (χ3v) is 7.28. The van der Waals surface area contributed by atoms with Crippen molar-refractivity contribution in [2.24, 2.45) is 0 Å². The largest absolute Gasteiger partial charge is 0.486 e. The Morgan fingerprint density at radius 2 is 1.84 bits per heavy atom. The van der Waals surface area contributed by atoms with Gasteiger partial charge in [-0.1, -0.05) is 0 Å². The molecular weight excluding hydrogens is 490 g/mol. The summed E-state index contributed by atoms with van der Waals surface area (Å²) in [4.78, 5) is 17.6. The molecule has 6 rings (SSSR count). The van der Waals surface area contributed by atoms with Gasteiger partial charge in [-0.15, -0.1) is 0 Å². The molecule has 2 aliphatic rings. The van der Waals surface area contributed by atoms with E-state index < -0.39 is 11.6 Å². The monoisotopic (exact) mass is 520 g/mol. The van der Waals surface area contributed by atoms with Crippen LogP contribution in [0.2, 0.25) is 0 Å². The van der Waals surface area contributed by atoms with Crippen LogP contribution in [0.3, 0.4) is 0 Å². The number of halogens is 2. The van der Waals surface area contributed by atoms with Gasteiger partial charge in [-0.2, -0.15) is 0 Å². The van der Waals surface area contributed by atoms with Gasteiger partial charge in [-0.05, 0) is 77.2 Å². The number of nitrogens with zero attached hydrogens (tertiary/aromatic N) is 5. The van der Waals surface area contributed by atoms with Crippen LogP contribution in [-0.2, 0) is 0 Å². The molecule has 1 saturated heterocycles. The molecule has 0 unspecified atom stereocenters. The Morgan fingerprint density at radius 3 is 2.63 bits per heavy atom. The lowest BCUT2D eigenvalue weighted by Gasteiger charge is -2.34. The summed E-state index contributed by atoms with van der Waals surface area (Å²) in [6, 6.07) is 8.66. The topological polar surface area (TPSA) is 79.5 Å². The van der Waals surface area contributed by atoms with Crippen molar-refractivity contribution in [1.29, 1.82) is 0 Å². The van der Waals surface area contributed by atoms with Crippen LogP contribution in [0.1, 0.15) is 38.5 Å². The van der Waals surface area contributed by atoms with Gasteiger partial charge in [0, 0.05) is 23.2 Å². The summed E-state index contributed by atoms with van der Waals surface area (Å²) in [6.07, 6.45) is 3.13. The Hall–Kier alpha value is -3.79. The van der Waals surface area contributed by atoms with Gasteiger partial charge in [0.25, 0.3) is 0 Å². The summed E-state index contributed by atoms with van der Waals surface area (Å²) in [5, 5.41) is 3.13. The lowest BCUT2D eigenvalue weighted by Crippen LogP contribution is -2.38. The molecule has 0 radical (unpaired) electrons. The number of hydrogen-bond donors (Lipinski definition) is 1. The van der Waals surface area contributed by atoms with Gasteiger partial charge in [-0.25, -0.2) is 23.7 Å². The molecule has 10 heteroatoms. The quantitative estimate of drug-likeness (QED) is 0.358. The number of benzene rings is 2. The number of nitrogens with one attached hydrogen (secondary N) is 1. The zero-order chi connectivity index (χ0) is 26.4. The molecular formula is C28H30F2N6O2. The van der Waals surface area contributed by atoms with Gasteiger partial charge in [0.05, 0.1) is 18.4 Å². The summed E-state index contributed by atoms with van der Waals surface area (Å²) in [7, 11) is 2.12. The minimum Gasteiger partial charge on any atom is -0.486 e. The summed E-state index contributed by atoms with van der Waals surface area (Å²) < 4.78 is 41.5. The molecule has 1 N–H and O–H groups in total. The summed E-state index contributed by atoms with van der Waals surface area (Å²) in [5.74, 6) is 0.257. The van der Waals surface area contributed by atoms with Crippen molar-refractivity contribution in [3.8, 4) is 17.0 Å². The van der Waals surface area contributed by atoms with Crippen LogP contribution >= 0.6 is 0 Å². The SMILES string of the molecule is CC(C)N1CCOc2c(F)cc(-c3nc(Nc4ccc5oc(C6CCN(C)CC6)nc5c4)ncc3F)cc21. The molecule has 0 bridgehead atoms. The molecule has 38 heavy (non-hydrogen) atoms. The Balaban J connectivity index is 1.28. The second kappa shape index (κ2) is 9.83. The number of likely N-dealkylation sites (tertiary alicyclic amines) is 1. The van der Waals surface area contributed by atoms with Crippen molar-refractivity contribution < 1.29 is 17.9 Å². The molecule has 0 spiro atoms. The minimum absolute atomic E-state index is 0.00514. The van der Waals surface area contributed by atoms with Gasteiger partial charge in [0.15, 0.2) is 28.9 Å². The van der Waals surface area contributed by atoms with E-state index in [1.807, 2.05) is 36.9 Å². The van der Waals surface area contributed by atoms with Crippen LogP contribution in [0.15, 0.2) is 40.9 Å². The van der Waals surface area contributed by atoms with Crippen LogP contribution in [0.25, 0.3) is 22.4 Å². The first-order valence-electron chi connectivity index (χ1n) is 13.0. The Labute approximate surface area is 219 Å². The summed E-state index contributed by atoms with van der Waals surface area (Å²) >= 11 is 0. The zero-order valence-electron chi connectivity index (χ0n) is 21.7. The van der Waals surface area contributed by atoms with E-state index in [1.165, 1.54) is 6.07 Å². The highest BCUT2D eigenvalue weighted by molar-refractivity contribution is 5.79. The molecule has 8 nitrogen and oxygen atoms in total. The number of rotatable bonds is 5. The molecule has 0 amide bonds. The number of fused-ring (bicyclic) bond motifs is 2. The highest BCUT2D eigenvalue weighted by atomic mass is 19.1. The molecule has 0 aliphatic carbocycles. The predicted molar refractivity (Wildman–Crippen MR) is 142 cm³/mol. The van der Waals surface area contributed by atoms with E-state index in [4.69, 9.17) is 14.1 Å². The van der Waals surface area contributed by atoms with Gasteiger partial charge >= 0.3 is 0 Å². The lowest BCUT2D eigenvalue weighted by atomic mass is 9.97. The maximum Gasteiger partial charge on any atom is 0.227 e. The third-order valence-electron chi connectivity index (χ3n) is 7.28. The number of oxazole rings is 1. The fraction of sp³-hybridized carbons (Fsp3) is 0.393. The van der Waals surface area contributed by atoms with Crippen molar-refractivity contribution in [3.05, 3.63) is 54.1 Å². The van der Waals surface area contributed by atoms with Crippen molar-refractivity contribution in [2.75, 3.05) is 43.5 Å². The van der Waals surface area contributed by atoms with Crippen molar-refractivity contribution >= 4 is 28.4 Å². The lowest BCUT2D eigenvalue weighted by molar-refractivity contribution is 0.239. The van der Waals surface area contributed by atoms with E-state index in [0.717, 1.165) is 43.5 Å². The Kier molecular flexibility index (Phi) is 6.35. The zero-order valence-corrected chi connectivity index (χ0v) is 21.7. The summed E-state index contributed by atoms with van der Waals surface area (Å²) in [5.41, 5.74) is 3.05. The van der Waals surface area contributed by atoms with E-state index in [1.54, 1.807) is 6.07 Å². The highest BCUT2D eigenvalue weighted by Crippen LogP contribution is 2.39. The molecule has 0 atom stereocenters. The number of anilines is 3. The van der Waals surface area contributed by atoms with Gasteiger partial charge in [-0.3, -0.25) is 0 Å². The molecule has 198 valence electrons. The first-order valence-corrected chi connectivity index (χ1v) is 13.0. The number of ether oxygens (including phenoxy) is 1. The molecule has 2 aromatic heterocycles. The van der Waals surface area contributed by atoms with Crippen LogP contribution in [0.5, 0.6) is 5.75 Å². The second-order valence-corrected chi connectivity index (χ2v) is 10.3. The number of hydrogen-bond acceptors (Lipinski definition) is 8. The molecule has 2 aliphatic heterocycles. The van der Waals surface area contributed by atoms with Crippen molar-refractivity contribution in [3.63, 3.8) is 0 Å². The minimum atomic E-state index is -0.641. The summed E-state index contributed by atoms with van der Waals surface area (Å²) in [6.45, 7) is 7.11. The number of aromatic nitrogens is 3. The number of piperidine rings is 1. The molecule has 4 heterocycles. The van der Waals surface area contributed by atoms with Gasteiger partial charge < -0.3 is 24.3 Å². The third kappa shape index (κ3) is 4.64. The Bertz CT molecular complexity index is 1480. The first kappa shape index (κ1) is 24.5. The fourth-order valence-electron chi connectivity index (χ4n) is 5.19. The van der Waals surface area contributed by atoms with Gasteiger partial charge in [0.2, 0.25) is 5.95 Å². The normalized spacial score (nSPS) is 16.6. The van der Waals surface area contributed by atoms with E-state index in [9.17, 15) is 8.78 Å². The maximum absolute atomic E-state index is 15.0. The van der Waals surface area contributed by atoms with Crippen LogP contribution in [-0.4, -0.2) is 59.2 Å². The molecule has 4 aromatic rings. The molecule has 1 fully saturated rings. The van der Waals surface area contributed by atoms with E-state index in [-0.39, 0.29) is 23.4 Å². The second-order valence-electron chi connectivity index (χ2n) is 10.3. The first-order chi connectivity index (χ1) is 18.4. The molecule has 0 saturated carbocycles. The van der Waals surface area contributed by atoms with Crippen LogP contribution in [0.4, 0.5) is 26.1 Å². The standard InChI is InChI=1S/C28H30F2N6O2/c1-16(2)36-10-11-37-26-20(29)12-18(13-23(26)36)25-21(30)15-31-28(34-25)32-19-4-5-24-22(14-19)33-27(38-24)17-6-8-35(3)9-7-17/h4-5,12-17H,6-11H2,1-3H3,(H,31,32,34). The van der Waals surface area contributed by atoms with E-state index in [2.05, 4.69) is 27.2 Å². The average molecular weight is 521 g/mol. The predicted octanol–water partition coefficient (Wildman–Crippen LogP) is 5.72.